The summed E-state index contributed by atoms with van der Waals surface area (Å²) in [7, 11) is 0. The summed E-state index contributed by atoms with van der Waals surface area (Å²) in [5.41, 5.74) is -3.03. The molecule has 0 aliphatic rings. The number of benzene rings is 1. The lowest BCUT2D eigenvalue weighted by Crippen LogP contribution is -2.28. The van der Waals surface area contributed by atoms with Gasteiger partial charge < -0.3 is 9.72 Å². The fraction of sp³-hybridized carbons (Fsp3) is 0.286. The molecule has 2 aromatic heterocycles. The molecule has 0 amide bonds. The van der Waals surface area contributed by atoms with Gasteiger partial charge in [0, 0.05) is 11.3 Å². The molecule has 0 bridgehead atoms. The van der Waals surface area contributed by atoms with Crippen molar-refractivity contribution in [3.05, 3.63) is 78.9 Å². The standard InChI is InChI=1S/C21H17F4N5O3/c1-9(22)17-18(33-15-5-12(19(24)25)4-13(6-26)16(15)23)21(32)30(8-27-17)7-14-10(2)28-11(3)29-20(14)31/h4-5,8-9,19H,7H2,1-3H3,(H,28,29,31)/t9-/m1/s1. The summed E-state index contributed by atoms with van der Waals surface area (Å²) in [6.45, 7) is 3.86. The maximum Gasteiger partial charge on any atom is 0.297 e. The number of H-pyrrole nitrogens is 1. The van der Waals surface area contributed by atoms with Gasteiger partial charge in [-0.05, 0) is 32.9 Å². The van der Waals surface area contributed by atoms with Crippen LogP contribution in [-0.4, -0.2) is 19.5 Å². The van der Waals surface area contributed by atoms with Gasteiger partial charge in [0.05, 0.1) is 24.0 Å². The molecule has 1 N–H and O–H groups in total. The molecule has 0 spiro atoms. The van der Waals surface area contributed by atoms with Crippen LogP contribution in [0.4, 0.5) is 17.6 Å². The summed E-state index contributed by atoms with van der Waals surface area (Å²) in [4.78, 5) is 35.8. The van der Waals surface area contributed by atoms with Gasteiger partial charge in [-0.15, -0.1) is 0 Å². The van der Waals surface area contributed by atoms with E-state index < -0.39 is 57.9 Å². The molecule has 1 aromatic carbocycles. The second-order valence-electron chi connectivity index (χ2n) is 7.12. The molecule has 33 heavy (non-hydrogen) atoms. The lowest BCUT2D eigenvalue weighted by molar-refractivity contribution is 0.151. The Bertz CT molecular complexity index is 1380. The summed E-state index contributed by atoms with van der Waals surface area (Å²) < 4.78 is 61.2. The highest BCUT2D eigenvalue weighted by molar-refractivity contribution is 5.45. The van der Waals surface area contributed by atoms with Crippen molar-refractivity contribution in [1.29, 1.82) is 5.26 Å². The molecule has 0 aliphatic heterocycles. The normalized spacial score (nSPS) is 12.0. The van der Waals surface area contributed by atoms with Crippen molar-refractivity contribution in [3.8, 4) is 17.6 Å². The Morgan fingerprint density at radius 2 is 1.94 bits per heavy atom. The molecular formula is C21H17F4N5O3. The van der Waals surface area contributed by atoms with Crippen LogP contribution in [0.1, 0.15) is 53.4 Å². The minimum atomic E-state index is -3.06. The van der Waals surface area contributed by atoms with Gasteiger partial charge in [0.25, 0.3) is 17.5 Å². The number of nitrogens with zero attached hydrogens (tertiary/aromatic N) is 4. The van der Waals surface area contributed by atoms with Gasteiger partial charge in [-0.1, -0.05) is 0 Å². The Balaban J connectivity index is 2.15. The fourth-order valence-electron chi connectivity index (χ4n) is 3.09. The lowest BCUT2D eigenvalue weighted by Gasteiger charge is -2.15. The number of ether oxygens (including phenoxy) is 1. The third-order valence-corrected chi connectivity index (χ3v) is 4.72. The number of alkyl halides is 3. The Morgan fingerprint density at radius 3 is 2.52 bits per heavy atom. The lowest BCUT2D eigenvalue weighted by atomic mass is 10.1. The van der Waals surface area contributed by atoms with Crippen LogP contribution < -0.4 is 15.9 Å². The molecule has 8 nitrogen and oxygen atoms in total. The van der Waals surface area contributed by atoms with Crippen LogP contribution in [0.2, 0.25) is 0 Å². The van der Waals surface area contributed by atoms with E-state index in [2.05, 4.69) is 15.0 Å². The molecule has 0 radical (unpaired) electrons. The largest absolute Gasteiger partial charge is 0.446 e. The predicted molar refractivity (Wildman–Crippen MR) is 108 cm³/mol. The monoisotopic (exact) mass is 463 g/mol. The molecule has 3 rings (SSSR count). The molecule has 2 heterocycles. The molecule has 0 saturated carbocycles. The molecule has 172 valence electrons. The summed E-state index contributed by atoms with van der Waals surface area (Å²) in [6.07, 6.45) is -3.93. The minimum Gasteiger partial charge on any atom is -0.446 e. The van der Waals surface area contributed by atoms with Gasteiger partial charge in [-0.3, -0.25) is 14.2 Å². The van der Waals surface area contributed by atoms with Crippen molar-refractivity contribution in [3.63, 3.8) is 0 Å². The third kappa shape index (κ3) is 4.77. The summed E-state index contributed by atoms with van der Waals surface area (Å²) >= 11 is 0. The Kier molecular flexibility index (Phi) is 6.62. The first-order valence-corrected chi connectivity index (χ1v) is 9.52. The zero-order valence-electron chi connectivity index (χ0n) is 17.6. The fourth-order valence-corrected chi connectivity index (χ4v) is 3.09. The van der Waals surface area contributed by atoms with E-state index in [4.69, 9.17) is 10.00 Å². The van der Waals surface area contributed by atoms with Gasteiger partial charge in [0.15, 0.2) is 11.6 Å². The smallest absolute Gasteiger partial charge is 0.297 e. The SMILES string of the molecule is Cc1nc(C)c(Cn2cnc([C@@H](C)F)c(Oc3cc(C(F)F)cc(C#N)c3F)c2=O)c(=O)[nH]1. The molecule has 0 saturated heterocycles. The van der Waals surface area contributed by atoms with Crippen molar-refractivity contribution in [2.75, 3.05) is 0 Å². The van der Waals surface area contributed by atoms with Crippen LogP contribution in [0.5, 0.6) is 11.5 Å². The molecule has 3 aromatic rings. The summed E-state index contributed by atoms with van der Waals surface area (Å²) in [5.74, 6) is -2.57. The first-order chi connectivity index (χ1) is 15.5. The van der Waals surface area contributed by atoms with E-state index in [1.54, 1.807) is 13.8 Å². The van der Waals surface area contributed by atoms with Crippen molar-refractivity contribution in [2.24, 2.45) is 0 Å². The zero-order valence-corrected chi connectivity index (χ0v) is 17.6. The van der Waals surface area contributed by atoms with Crippen LogP contribution >= 0.6 is 0 Å². The van der Waals surface area contributed by atoms with Gasteiger partial charge in [-0.2, -0.15) is 5.26 Å². The number of nitriles is 1. The van der Waals surface area contributed by atoms with Crippen LogP contribution in [0.3, 0.4) is 0 Å². The first-order valence-electron chi connectivity index (χ1n) is 9.52. The average molecular weight is 463 g/mol. The second-order valence-corrected chi connectivity index (χ2v) is 7.12. The van der Waals surface area contributed by atoms with E-state index >= 15 is 0 Å². The molecule has 12 heteroatoms. The molecule has 1 atom stereocenters. The summed E-state index contributed by atoms with van der Waals surface area (Å²) in [5, 5.41) is 9.03. The van der Waals surface area contributed by atoms with E-state index in [1.807, 2.05) is 0 Å². The Morgan fingerprint density at radius 1 is 1.24 bits per heavy atom. The van der Waals surface area contributed by atoms with E-state index in [1.165, 1.54) is 6.07 Å². The maximum absolute atomic E-state index is 14.6. The highest BCUT2D eigenvalue weighted by Gasteiger charge is 2.24. The van der Waals surface area contributed by atoms with Gasteiger partial charge in [-0.25, -0.2) is 27.5 Å². The topological polar surface area (TPSA) is 114 Å². The average Bonchev–Trinajstić information content (AvgIpc) is 2.73. The van der Waals surface area contributed by atoms with E-state index in [9.17, 15) is 27.2 Å². The van der Waals surface area contributed by atoms with E-state index in [-0.39, 0.29) is 12.1 Å². The van der Waals surface area contributed by atoms with Crippen LogP contribution in [0.25, 0.3) is 0 Å². The minimum absolute atomic E-state index is 0.120. The maximum atomic E-state index is 14.6. The Labute approximate surface area is 184 Å². The molecule has 0 aliphatic carbocycles. The number of aryl methyl sites for hydroxylation is 2. The van der Waals surface area contributed by atoms with Gasteiger partial charge in [0.2, 0.25) is 5.75 Å². The number of aromatic amines is 1. The first kappa shape index (κ1) is 23.6. The number of hydrogen-bond donors (Lipinski definition) is 1. The third-order valence-electron chi connectivity index (χ3n) is 4.72. The van der Waals surface area contributed by atoms with Crippen molar-refractivity contribution in [1.82, 2.24) is 19.5 Å². The number of nitrogens with one attached hydrogen (secondary N) is 1. The quantitative estimate of drug-likeness (QED) is 0.557. The zero-order chi connectivity index (χ0) is 24.4. The van der Waals surface area contributed by atoms with Gasteiger partial charge >= 0.3 is 0 Å². The molecule has 0 fully saturated rings. The highest BCUT2D eigenvalue weighted by atomic mass is 19.3. The molecular weight excluding hydrogens is 446 g/mol. The highest BCUT2D eigenvalue weighted by Crippen LogP contribution is 2.33. The van der Waals surface area contributed by atoms with Crippen LogP contribution in [0, 0.1) is 31.0 Å². The van der Waals surface area contributed by atoms with Crippen LogP contribution in [0.15, 0.2) is 28.0 Å². The predicted octanol–water partition coefficient (Wildman–Crippen LogP) is 3.76. The molecule has 0 unspecified atom stereocenters. The van der Waals surface area contributed by atoms with E-state index in [0.29, 0.717) is 23.7 Å². The second kappa shape index (κ2) is 9.23. The van der Waals surface area contributed by atoms with Crippen LogP contribution in [-0.2, 0) is 6.54 Å². The number of rotatable bonds is 6. The van der Waals surface area contributed by atoms with Gasteiger partial charge in [0.1, 0.15) is 23.8 Å². The van der Waals surface area contributed by atoms with Crippen molar-refractivity contribution in [2.45, 2.75) is 39.9 Å². The van der Waals surface area contributed by atoms with E-state index in [0.717, 1.165) is 17.8 Å². The summed E-state index contributed by atoms with van der Waals surface area (Å²) in [6, 6.07) is 2.68. The van der Waals surface area contributed by atoms with Crippen molar-refractivity contribution < 1.29 is 22.3 Å². The number of hydrogen-bond acceptors (Lipinski definition) is 6. The number of halogens is 4. The Hall–Kier alpha value is -4.01. The number of aromatic nitrogens is 4. The van der Waals surface area contributed by atoms with Crippen molar-refractivity contribution >= 4 is 0 Å².